The molecule has 1 aromatic rings. The number of rotatable bonds is 4. The van der Waals surface area contributed by atoms with Crippen LogP contribution in [-0.4, -0.2) is 15.6 Å². The number of aryl methyl sites for hydroxylation is 1. The van der Waals surface area contributed by atoms with Crippen LogP contribution in [0.4, 0.5) is 5.82 Å². The molecule has 0 radical (unpaired) electrons. The standard InChI is InChI=1S/C10H18N4O/c1-5-10(3,4)15-9-6-8(14-11)12-7(2)13-9/h6H,5,11H2,1-4H3,(H,12,13,14). The van der Waals surface area contributed by atoms with E-state index in [2.05, 4.69) is 22.3 Å². The Kier molecular flexibility index (Phi) is 3.47. The first-order valence-electron chi connectivity index (χ1n) is 4.98. The largest absolute Gasteiger partial charge is 0.472 e. The third-order valence-corrected chi connectivity index (χ3v) is 2.19. The number of aromatic nitrogens is 2. The lowest BCUT2D eigenvalue weighted by molar-refractivity contribution is 0.0987. The van der Waals surface area contributed by atoms with Crippen LogP contribution >= 0.6 is 0 Å². The fourth-order valence-corrected chi connectivity index (χ4v) is 1.02. The Morgan fingerprint density at radius 1 is 1.47 bits per heavy atom. The molecule has 1 heterocycles. The van der Waals surface area contributed by atoms with Gasteiger partial charge in [0, 0.05) is 6.07 Å². The SMILES string of the molecule is CCC(C)(C)Oc1cc(NN)nc(C)n1. The second-order valence-corrected chi connectivity index (χ2v) is 4.00. The van der Waals surface area contributed by atoms with Gasteiger partial charge >= 0.3 is 0 Å². The summed E-state index contributed by atoms with van der Waals surface area (Å²) in [5.41, 5.74) is 2.25. The molecule has 0 aromatic carbocycles. The van der Waals surface area contributed by atoms with E-state index in [9.17, 15) is 0 Å². The molecule has 1 aromatic heterocycles. The predicted octanol–water partition coefficient (Wildman–Crippen LogP) is 1.64. The van der Waals surface area contributed by atoms with E-state index in [-0.39, 0.29) is 5.60 Å². The first-order valence-corrected chi connectivity index (χ1v) is 4.98. The van der Waals surface area contributed by atoms with Gasteiger partial charge < -0.3 is 10.2 Å². The third-order valence-electron chi connectivity index (χ3n) is 2.19. The normalized spacial score (nSPS) is 11.3. The van der Waals surface area contributed by atoms with Gasteiger partial charge in [-0.3, -0.25) is 0 Å². The molecule has 84 valence electrons. The Labute approximate surface area is 90.0 Å². The van der Waals surface area contributed by atoms with E-state index in [4.69, 9.17) is 10.6 Å². The van der Waals surface area contributed by atoms with Crippen LogP contribution in [0.1, 0.15) is 33.0 Å². The summed E-state index contributed by atoms with van der Waals surface area (Å²) in [5, 5.41) is 0. The molecular formula is C10H18N4O. The first kappa shape index (κ1) is 11.7. The highest BCUT2D eigenvalue weighted by molar-refractivity contribution is 5.36. The van der Waals surface area contributed by atoms with E-state index >= 15 is 0 Å². The number of hydrogen-bond donors (Lipinski definition) is 2. The van der Waals surface area contributed by atoms with Crippen molar-refractivity contribution in [2.75, 3.05) is 5.43 Å². The average molecular weight is 210 g/mol. The fourth-order valence-electron chi connectivity index (χ4n) is 1.02. The van der Waals surface area contributed by atoms with Crippen molar-refractivity contribution in [1.29, 1.82) is 0 Å². The molecule has 0 amide bonds. The topological polar surface area (TPSA) is 73.1 Å². The minimum Gasteiger partial charge on any atom is -0.472 e. The van der Waals surface area contributed by atoms with Crippen molar-refractivity contribution in [3.63, 3.8) is 0 Å². The Balaban J connectivity index is 2.90. The summed E-state index contributed by atoms with van der Waals surface area (Å²) in [4.78, 5) is 8.27. The van der Waals surface area contributed by atoms with Crippen molar-refractivity contribution in [3.05, 3.63) is 11.9 Å². The smallest absolute Gasteiger partial charge is 0.219 e. The van der Waals surface area contributed by atoms with Gasteiger partial charge in [-0.2, -0.15) is 4.98 Å². The van der Waals surface area contributed by atoms with E-state index in [1.165, 1.54) is 0 Å². The summed E-state index contributed by atoms with van der Waals surface area (Å²) in [6, 6.07) is 1.68. The lowest BCUT2D eigenvalue weighted by Gasteiger charge is -2.24. The minimum absolute atomic E-state index is 0.230. The lowest BCUT2D eigenvalue weighted by Crippen LogP contribution is -2.27. The zero-order valence-corrected chi connectivity index (χ0v) is 9.66. The van der Waals surface area contributed by atoms with Gasteiger partial charge in [0.15, 0.2) is 0 Å². The molecule has 0 saturated carbocycles. The van der Waals surface area contributed by atoms with Crippen LogP contribution in [0, 0.1) is 6.92 Å². The van der Waals surface area contributed by atoms with E-state index in [0.29, 0.717) is 17.5 Å². The molecule has 0 atom stereocenters. The number of nitrogens with one attached hydrogen (secondary N) is 1. The molecule has 0 spiro atoms. The summed E-state index contributed by atoms with van der Waals surface area (Å²) in [7, 11) is 0. The summed E-state index contributed by atoms with van der Waals surface area (Å²) < 4.78 is 5.73. The predicted molar refractivity (Wildman–Crippen MR) is 59.6 cm³/mol. The highest BCUT2D eigenvalue weighted by atomic mass is 16.5. The lowest BCUT2D eigenvalue weighted by atomic mass is 10.1. The van der Waals surface area contributed by atoms with Crippen molar-refractivity contribution < 1.29 is 4.74 Å². The molecule has 1 rings (SSSR count). The maximum Gasteiger partial charge on any atom is 0.219 e. The molecule has 15 heavy (non-hydrogen) atoms. The van der Waals surface area contributed by atoms with Gasteiger partial charge in [0.05, 0.1) is 0 Å². The van der Waals surface area contributed by atoms with Gasteiger partial charge in [-0.25, -0.2) is 10.8 Å². The van der Waals surface area contributed by atoms with Gasteiger partial charge in [0.25, 0.3) is 0 Å². The Morgan fingerprint density at radius 3 is 2.67 bits per heavy atom. The fraction of sp³-hybridized carbons (Fsp3) is 0.600. The number of anilines is 1. The van der Waals surface area contributed by atoms with Crippen molar-refractivity contribution in [3.8, 4) is 5.88 Å². The molecule has 0 aliphatic heterocycles. The van der Waals surface area contributed by atoms with Gasteiger partial charge in [-0.15, -0.1) is 0 Å². The Hall–Kier alpha value is -1.36. The number of nitrogen functional groups attached to an aromatic ring is 1. The highest BCUT2D eigenvalue weighted by Crippen LogP contribution is 2.20. The van der Waals surface area contributed by atoms with Crippen LogP contribution in [0.25, 0.3) is 0 Å². The van der Waals surface area contributed by atoms with E-state index in [0.717, 1.165) is 6.42 Å². The Morgan fingerprint density at radius 2 is 2.13 bits per heavy atom. The molecule has 5 nitrogen and oxygen atoms in total. The number of hydrogen-bond acceptors (Lipinski definition) is 5. The van der Waals surface area contributed by atoms with E-state index in [1.807, 2.05) is 13.8 Å². The number of nitrogens with zero attached hydrogens (tertiary/aromatic N) is 2. The number of ether oxygens (including phenoxy) is 1. The zero-order valence-electron chi connectivity index (χ0n) is 9.66. The first-order chi connectivity index (χ1) is 6.96. The molecule has 0 aliphatic rings. The third kappa shape index (κ3) is 3.36. The highest BCUT2D eigenvalue weighted by Gasteiger charge is 2.18. The zero-order chi connectivity index (χ0) is 11.5. The van der Waals surface area contributed by atoms with Gasteiger partial charge in [0.2, 0.25) is 5.88 Å². The molecule has 0 unspecified atom stereocenters. The van der Waals surface area contributed by atoms with Crippen molar-refractivity contribution in [1.82, 2.24) is 9.97 Å². The number of nitrogens with two attached hydrogens (primary N) is 1. The van der Waals surface area contributed by atoms with E-state index < -0.39 is 0 Å². The molecule has 3 N–H and O–H groups in total. The molecule has 0 aliphatic carbocycles. The van der Waals surface area contributed by atoms with Gasteiger partial charge in [0.1, 0.15) is 17.2 Å². The van der Waals surface area contributed by atoms with Gasteiger partial charge in [-0.1, -0.05) is 6.92 Å². The number of hydrazine groups is 1. The molecule has 0 fully saturated rings. The quantitative estimate of drug-likeness (QED) is 0.583. The summed E-state index contributed by atoms with van der Waals surface area (Å²) in [5.74, 6) is 7.02. The van der Waals surface area contributed by atoms with Crippen LogP contribution in [0.3, 0.4) is 0 Å². The summed E-state index contributed by atoms with van der Waals surface area (Å²) in [6.07, 6.45) is 0.904. The molecule has 0 saturated heterocycles. The van der Waals surface area contributed by atoms with Crippen LogP contribution < -0.4 is 16.0 Å². The van der Waals surface area contributed by atoms with Gasteiger partial charge in [-0.05, 0) is 27.2 Å². The second kappa shape index (κ2) is 4.44. The average Bonchev–Trinajstić information content (AvgIpc) is 2.16. The van der Waals surface area contributed by atoms with Crippen molar-refractivity contribution >= 4 is 5.82 Å². The minimum atomic E-state index is -0.230. The van der Waals surface area contributed by atoms with Crippen LogP contribution in [0.2, 0.25) is 0 Å². The second-order valence-electron chi connectivity index (χ2n) is 4.00. The van der Waals surface area contributed by atoms with E-state index in [1.54, 1.807) is 13.0 Å². The Bertz CT molecular complexity index is 338. The molecular weight excluding hydrogens is 192 g/mol. The van der Waals surface area contributed by atoms with Crippen molar-refractivity contribution in [2.45, 2.75) is 39.7 Å². The van der Waals surface area contributed by atoms with Crippen LogP contribution in [0.5, 0.6) is 5.88 Å². The van der Waals surface area contributed by atoms with Crippen molar-refractivity contribution in [2.24, 2.45) is 5.84 Å². The maximum absolute atomic E-state index is 5.73. The summed E-state index contributed by atoms with van der Waals surface area (Å²) >= 11 is 0. The monoisotopic (exact) mass is 210 g/mol. The maximum atomic E-state index is 5.73. The summed E-state index contributed by atoms with van der Waals surface area (Å²) in [6.45, 7) is 7.89. The molecule has 0 bridgehead atoms. The van der Waals surface area contributed by atoms with Crippen LogP contribution in [-0.2, 0) is 0 Å². The van der Waals surface area contributed by atoms with Crippen LogP contribution in [0.15, 0.2) is 6.07 Å². The molecule has 5 heteroatoms.